The number of aromatic nitrogens is 2. The van der Waals surface area contributed by atoms with Crippen molar-refractivity contribution in [2.75, 3.05) is 17.6 Å². The Kier molecular flexibility index (Phi) is 4.79. The van der Waals surface area contributed by atoms with E-state index in [0.29, 0.717) is 11.3 Å². The van der Waals surface area contributed by atoms with Crippen LogP contribution in [0.15, 0.2) is 47.6 Å². The Morgan fingerprint density at radius 3 is 2.60 bits per heavy atom. The van der Waals surface area contributed by atoms with E-state index in [9.17, 15) is 8.42 Å². The molecule has 1 N–H and O–H groups in total. The molecule has 0 saturated carbocycles. The molecule has 0 atom stereocenters. The summed E-state index contributed by atoms with van der Waals surface area (Å²) < 4.78 is 25.6. The van der Waals surface area contributed by atoms with Crippen molar-refractivity contribution in [2.24, 2.45) is 0 Å². The van der Waals surface area contributed by atoms with Crippen molar-refractivity contribution in [3.63, 3.8) is 0 Å². The molecule has 1 heterocycles. The minimum Gasteiger partial charge on any atom is -0.383 e. The van der Waals surface area contributed by atoms with Gasteiger partial charge in [0.25, 0.3) is 0 Å². The van der Waals surface area contributed by atoms with Crippen LogP contribution in [0, 0.1) is 0 Å². The lowest BCUT2D eigenvalue weighted by molar-refractivity contribution is 0.594. The number of nitrogens with zero attached hydrogens (tertiary/aromatic N) is 2. The summed E-state index contributed by atoms with van der Waals surface area (Å²) in [6.45, 7) is 3.37. The second kappa shape index (κ2) is 6.56. The zero-order chi connectivity index (χ0) is 14.4. The summed E-state index contributed by atoms with van der Waals surface area (Å²) >= 11 is 0. The van der Waals surface area contributed by atoms with Crippen LogP contribution in [0.4, 0.5) is 5.69 Å². The van der Waals surface area contributed by atoms with Crippen molar-refractivity contribution in [3.8, 4) is 0 Å². The SMILES string of the molecule is CCCS(=O)(=O)c1ccc(NCCn2cccn2)cc1. The monoisotopic (exact) mass is 293 g/mol. The van der Waals surface area contributed by atoms with Crippen LogP contribution in [0.25, 0.3) is 0 Å². The molecule has 0 spiro atoms. The predicted octanol–water partition coefficient (Wildman–Crippen LogP) is 2.18. The third kappa shape index (κ3) is 3.84. The largest absolute Gasteiger partial charge is 0.383 e. The van der Waals surface area contributed by atoms with Gasteiger partial charge in [0.2, 0.25) is 0 Å². The second-order valence-electron chi connectivity index (χ2n) is 4.54. The first-order valence-electron chi connectivity index (χ1n) is 6.66. The molecule has 0 aliphatic heterocycles. The topological polar surface area (TPSA) is 64.0 Å². The molecular weight excluding hydrogens is 274 g/mol. The third-order valence-electron chi connectivity index (χ3n) is 2.92. The van der Waals surface area contributed by atoms with E-state index in [1.54, 1.807) is 30.5 Å². The molecule has 0 aliphatic carbocycles. The third-order valence-corrected chi connectivity index (χ3v) is 4.85. The van der Waals surface area contributed by atoms with E-state index in [2.05, 4.69) is 10.4 Å². The van der Waals surface area contributed by atoms with E-state index < -0.39 is 9.84 Å². The average molecular weight is 293 g/mol. The molecule has 0 bridgehead atoms. The maximum absolute atomic E-state index is 11.9. The van der Waals surface area contributed by atoms with Crippen molar-refractivity contribution in [1.82, 2.24) is 9.78 Å². The molecule has 20 heavy (non-hydrogen) atoms. The van der Waals surface area contributed by atoms with Crippen LogP contribution in [-0.4, -0.2) is 30.5 Å². The van der Waals surface area contributed by atoms with E-state index in [-0.39, 0.29) is 5.75 Å². The smallest absolute Gasteiger partial charge is 0.178 e. The van der Waals surface area contributed by atoms with Crippen molar-refractivity contribution in [2.45, 2.75) is 24.8 Å². The first kappa shape index (κ1) is 14.6. The second-order valence-corrected chi connectivity index (χ2v) is 6.65. The van der Waals surface area contributed by atoms with E-state index >= 15 is 0 Å². The van der Waals surface area contributed by atoms with Crippen LogP contribution < -0.4 is 5.32 Å². The van der Waals surface area contributed by atoms with Gasteiger partial charge in [-0.25, -0.2) is 8.42 Å². The normalized spacial score (nSPS) is 11.4. The summed E-state index contributed by atoms with van der Waals surface area (Å²) in [6, 6.07) is 8.78. The first-order valence-corrected chi connectivity index (χ1v) is 8.31. The zero-order valence-electron chi connectivity index (χ0n) is 11.5. The Balaban J connectivity index is 1.91. The van der Waals surface area contributed by atoms with Crippen molar-refractivity contribution in [3.05, 3.63) is 42.7 Å². The van der Waals surface area contributed by atoms with Crippen molar-refractivity contribution < 1.29 is 8.42 Å². The minimum absolute atomic E-state index is 0.194. The molecule has 0 amide bonds. The van der Waals surface area contributed by atoms with Crippen LogP contribution in [0.2, 0.25) is 0 Å². The van der Waals surface area contributed by atoms with Gasteiger partial charge in [0.15, 0.2) is 9.84 Å². The molecule has 108 valence electrons. The highest BCUT2D eigenvalue weighted by Gasteiger charge is 2.12. The van der Waals surface area contributed by atoms with Gasteiger partial charge in [-0.2, -0.15) is 5.10 Å². The number of hydrogen-bond acceptors (Lipinski definition) is 4. The van der Waals surface area contributed by atoms with Crippen LogP contribution >= 0.6 is 0 Å². The summed E-state index contributed by atoms with van der Waals surface area (Å²) in [5, 5.41) is 7.35. The molecule has 0 aliphatic rings. The van der Waals surface area contributed by atoms with Gasteiger partial charge in [-0.3, -0.25) is 4.68 Å². The Labute approximate surface area is 119 Å². The molecule has 1 aromatic heterocycles. The van der Waals surface area contributed by atoms with E-state index in [1.807, 2.05) is 23.9 Å². The lowest BCUT2D eigenvalue weighted by Gasteiger charge is -2.08. The summed E-state index contributed by atoms with van der Waals surface area (Å²) in [5.74, 6) is 0.194. The maximum atomic E-state index is 11.9. The molecular formula is C14H19N3O2S. The fourth-order valence-corrected chi connectivity index (χ4v) is 3.24. The van der Waals surface area contributed by atoms with Gasteiger partial charge in [-0.05, 0) is 36.8 Å². The van der Waals surface area contributed by atoms with Crippen LogP contribution in [-0.2, 0) is 16.4 Å². The number of rotatable bonds is 7. The van der Waals surface area contributed by atoms with Gasteiger partial charge < -0.3 is 5.32 Å². The highest BCUT2D eigenvalue weighted by Crippen LogP contribution is 2.15. The molecule has 6 heteroatoms. The summed E-state index contributed by atoms with van der Waals surface area (Å²) in [4.78, 5) is 0.386. The molecule has 2 aromatic rings. The highest BCUT2D eigenvalue weighted by molar-refractivity contribution is 7.91. The first-order chi connectivity index (χ1) is 9.62. The molecule has 5 nitrogen and oxygen atoms in total. The maximum Gasteiger partial charge on any atom is 0.178 e. The molecule has 0 unspecified atom stereocenters. The fraction of sp³-hybridized carbons (Fsp3) is 0.357. The number of anilines is 1. The Hall–Kier alpha value is -1.82. The van der Waals surface area contributed by atoms with E-state index in [0.717, 1.165) is 18.8 Å². The quantitative estimate of drug-likeness (QED) is 0.850. The Morgan fingerprint density at radius 1 is 1.25 bits per heavy atom. The lowest BCUT2D eigenvalue weighted by atomic mass is 10.3. The van der Waals surface area contributed by atoms with Crippen LogP contribution in [0.1, 0.15) is 13.3 Å². The summed E-state index contributed by atoms with van der Waals surface area (Å²) in [6.07, 6.45) is 4.28. The van der Waals surface area contributed by atoms with Gasteiger partial charge in [-0.1, -0.05) is 6.92 Å². The molecule has 0 saturated heterocycles. The number of sulfone groups is 1. The molecule has 2 rings (SSSR count). The number of hydrogen-bond donors (Lipinski definition) is 1. The average Bonchev–Trinajstić information content (AvgIpc) is 2.92. The summed E-state index contributed by atoms with van der Waals surface area (Å²) in [5.41, 5.74) is 0.910. The Morgan fingerprint density at radius 2 is 2.00 bits per heavy atom. The zero-order valence-corrected chi connectivity index (χ0v) is 12.3. The van der Waals surface area contributed by atoms with Crippen molar-refractivity contribution >= 4 is 15.5 Å². The molecule has 0 radical (unpaired) electrons. The lowest BCUT2D eigenvalue weighted by Crippen LogP contribution is -2.11. The summed E-state index contributed by atoms with van der Waals surface area (Å²) in [7, 11) is -3.12. The fourth-order valence-electron chi connectivity index (χ4n) is 1.91. The van der Waals surface area contributed by atoms with Crippen molar-refractivity contribution in [1.29, 1.82) is 0 Å². The predicted molar refractivity (Wildman–Crippen MR) is 79.5 cm³/mol. The minimum atomic E-state index is -3.12. The number of benzene rings is 1. The van der Waals surface area contributed by atoms with Gasteiger partial charge in [0.1, 0.15) is 0 Å². The van der Waals surface area contributed by atoms with Gasteiger partial charge in [0, 0.05) is 24.6 Å². The van der Waals surface area contributed by atoms with E-state index in [4.69, 9.17) is 0 Å². The van der Waals surface area contributed by atoms with Crippen LogP contribution in [0.3, 0.4) is 0 Å². The number of nitrogens with one attached hydrogen (secondary N) is 1. The van der Waals surface area contributed by atoms with Gasteiger partial charge >= 0.3 is 0 Å². The van der Waals surface area contributed by atoms with Crippen LogP contribution in [0.5, 0.6) is 0 Å². The standard InChI is InChI=1S/C14H19N3O2S/c1-2-12-20(18,19)14-6-4-13(5-7-14)15-9-11-17-10-3-8-16-17/h3-8,10,15H,2,9,11-12H2,1H3. The van der Waals surface area contributed by atoms with Gasteiger partial charge in [0.05, 0.1) is 17.2 Å². The molecule has 1 aromatic carbocycles. The van der Waals surface area contributed by atoms with Gasteiger partial charge in [-0.15, -0.1) is 0 Å². The van der Waals surface area contributed by atoms with E-state index in [1.165, 1.54) is 0 Å². The Bertz CT molecular complexity index is 619. The molecule has 0 fully saturated rings. The highest BCUT2D eigenvalue weighted by atomic mass is 32.2.